The number of carbonyl (C=O) groups is 2. The first-order valence-corrected chi connectivity index (χ1v) is 13.2. The molecule has 10 heteroatoms. The normalized spacial score (nSPS) is 14.9. The largest absolute Gasteiger partial charge is 0.442 e. The van der Waals surface area contributed by atoms with Crippen molar-refractivity contribution in [3.8, 4) is 11.1 Å². The number of ether oxygens (including phenoxy) is 1. The van der Waals surface area contributed by atoms with Gasteiger partial charge in [0.2, 0.25) is 0 Å². The Kier molecular flexibility index (Phi) is 7.05. The van der Waals surface area contributed by atoms with Crippen molar-refractivity contribution in [3.05, 3.63) is 77.9 Å². The lowest BCUT2D eigenvalue weighted by atomic mass is 10.0. The Balaban J connectivity index is 1.57. The molecule has 0 aromatic heterocycles. The molecule has 7 nitrogen and oxygen atoms in total. The van der Waals surface area contributed by atoms with Crippen molar-refractivity contribution in [1.29, 1.82) is 0 Å². The molecule has 1 aliphatic rings. The molecule has 0 radical (unpaired) electrons. The molecule has 37 heavy (non-hydrogen) atoms. The molecule has 0 saturated heterocycles. The summed E-state index contributed by atoms with van der Waals surface area (Å²) in [5.41, 5.74) is 6.55. The number of nitrogen functional groups attached to an aromatic ring is 1. The molecule has 2 amide bonds. The minimum atomic E-state index is -3.06. The standard InChI is InChI=1S/C27H27F2N3O4S/c1-27(2,3)36-26(34)32-37(35,20-10-11-20)19-8-4-16(5-9-19)25(33)31-24-14-17(6-13-23(24)30)21-12-7-18(28)15-22(21)29/h4-9,12-15,20H,10-11,30H2,1-3H3,(H,31,33). The van der Waals surface area contributed by atoms with Crippen molar-refractivity contribution in [2.75, 3.05) is 11.1 Å². The molecule has 1 saturated carbocycles. The van der Waals surface area contributed by atoms with Crippen LogP contribution >= 0.6 is 0 Å². The van der Waals surface area contributed by atoms with Gasteiger partial charge in [-0.15, -0.1) is 4.36 Å². The molecule has 0 heterocycles. The van der Waals surface area contributed by atoms with E-state index in [2.05, 4.69) is 9.68 Å². The highest BCUT2D eigenvalue weighted by atomic mass is 32.2. The lowest BCUT2D eigenvalue weighted by molar-refractivity contribution is 0.0607. The van der Waals surface area contributed by atoms with Gasteiger partial charge < -0.3 is 15.8 Å². The second kappa shape index (κ2) is 9.93. The summed E-state index contributed by atoms with van der Waals surface area (Å²) in [5.74, 6) is -1.94. The summed E-state index contributed by atoms with van der Waals surface area (Å²) in [6.45, 7) is 5.10. The van der Waals surface area contributed by atoms with Crippen LogP contribution in [0.5, 0.6) is 0 Å². The Hall–Kier alpha value is -3.79. The predicted molar refractivity (Wildman–Crippen MR) is 139 cm³/mol. The van der Waals surface area contributed by atoms with E-state index in [0.29, 0.717) is 23.3 Å². The second-order valence-electron chi connectivity index (χ2n) is 9.74. The number of amides is 2. The molecular weight excluding hydrogens is 500 g/mol. The Morgan fingerprint density at radius 1 is 1.03 bits per heavy atom. The van der Waals surface area contributed by atoms with Crippen LogP contribution in [-0.2, 0) is 14.5 Å². The van der Waals surface area contributed by atoms with Crippen LogP contribution < -0.4 is 11.1 Å². The van der Waals surface area contributed by atoms with Gasteiger partial charge in [0.25, 0.3) is 5.91 Å². The third-order valence-corrected chi connectivity index (χ3v) is 8.32. The van der Waals surface area contributed by atoms with E-state index < -0.39 is 39.0 Å². The molecule has 3 aromatic carbocycles. The maximum atomic E-state index is 14.2. The quantitative estimate of drug-likeness (QED) is 0.374. The summed E-state index contributed by atoms with van der Waals surface area (Å²) in [6, 6.07) is 13.8. The maximum absolute atomic E-state index is 14.2. The van der Waals surface area contributed by atoms with Crippen LogP contribution in [0.25, 0.3) is 11.1 Å². The summed E-state index contributed by atoms with van der Waals surface area (Å²) in [6.07, 6.45) is 0.467. The first kappa shape index (κ1) is 26.3. The van der Waals surface area contributed by atoms with Crippen LogP contribution in [0.3, 0.4) is 0 Å². The maximum Gasteiger partial charge on any atom is 0.442 e. The van der Waals surface area contributed by atoms with E-state index in [1.165, 1.54) is 42.5 Å². The summed E-state index contributed by atoms with van der Waals surface area (Å²) in [5, 5.41) is 2.43. The van der Waals surface area contributed by atoms with Crippen molar-refractivity contribution in [1.82, 2.24) is 0 Å². The van der Waals surface area contributed by atoms with Gasteiger partial charge in [0.15, 0.2) is 0 Å². The lowest BCUT2D eigenvalue weighted by Gasteiger charge is -2.18. The highest BCUT2D eigenvalue weighted by Gasteiger charge is 2.36. The van der Waals surface area contributed by atoms with E-state index in [0.717, 1.165) is 12.1 Å². The molecule has 0 spiro atoms. The highest BCUT2D eigenvalue weighted by Crippen LogP contribution is 2.36. The minimum absolute atomic E-state index is 0.157. The number of hydrogen-bond donors (Lipinski definition) is 2. The molecule has 1 unspecified atom stereocenters. The summed E-state index contributed by atoms with van der Waals surface area (Å²) in [7, 11) is -3.06. The number of nitrogens with zero attached hydrogens (tertiary/aromatic N) is 1. The van der Waals surface area contributed by atoms with Gasteiger partial charge in [-0.3, -0.25) is 4.79 Å². The zero-order valence-electron chi connectivity index (χ0n) is 20.6. The number of carbonyl (C=O) groups excluding carboxylic acids is 2. The van der Waals surface area contributed by atoms with Crippen molar-refractivity contribution in [2.45, 2.75) is 49.4 Å². The number of anilines is 2. The van der Waals surface area contributed by atoms with Crippen LogP contribution in [0.2, 0.25) is 0 Å². The Morgan fingerprint density at radius 2 is 1.70 bits per heavy atom. The average molecular weight is 528 g/mol. The zero-order valence-corrected chi connectivity index (χ0v) is 21.4. The van der Waals surface area contributed by atoms with Gasteiger partial charge in [-0.05, 0) is 87.7 Å². The van der Waals surface area contributed by atoms with E-state index in [4.69, 9.17) is 10.5 Å². The predicted octanol–water partition coefficient (Wildman–Crippen LogP) is 6.39. The van der Waals surface area contributed by atoms with Gasteiger partial charge in [0.05, 0.1) is 21.1 Å². The van der Waals surface area contributed by atoms with Gasteiger partial charge in [-0.1, -0.05) is 6.07 Å². The van der Waals surface area contributed by atoms with Crippen LogP contribution in [0.4, 0.5) is 25.0 Å². The number of benzene rings is 3. The average Bonchev–Trinajstić information content (AvgIpc) is 3.65. The van der Waals surface area contributed by atoms with Crippen molar-refractivity contribution in [3.63, 3.8) is 0 Å². The van der Waals surface area contributed by atoms with E-state index >= 15 is 0 Å². The summed E-state index contributed by atoms with van der Waals surface area (Å²) < 4.78 is 50.3. The van der Waals surface area contributed by atoms with Gasteiger partial charge >= 0.3 is 6.09 Å². The Morgan fingerprint density at radius 3 is 2.30 bits per heavy atom. The highest BCUT2D eigenvalue weighted by molar-refractivity contribution is 7.94. The lowest BCUT2D eigenvalue weighted by Crippen LogP contribution is -2.23. The molecule has 1 fully saturated rings. The fourth-order valence-electron chi connectivity index (χ4n) is 3.65. The number of halogens is 2. The van der Waals surface area contributed by atoms with Crippen molar-refractivity contribution >= 4 is 33.1 Å². The van der Waals surface area contributed by atoms with Gasteiger partial charge in [-0.25, -0.2) is 17.8 Å². The first-order valence-electron chi connectivity index (χ1n) is 11.6. The van der Waals surface area contributed by atoms with Crippen LogP contribution in [0, 0.1) is 11.6 Å². The van der Waals surface area contributed by atoms with Gasteiger partial charge in [0, 0.05) is 27.3 Å². The molecule has 1 aliphatic carbocycles. The van der Waals surface area contributed by atoms with Gasteiger partial charge in [0.1, 0.15) is 17.2 Å². The number of rotatable bonds is 5. The molecule has 0 bridgehead atoms. The van der Waals surface area contributed by atoms with Gasteiger partial charge in [-0.2, -0.15) is 0 Å². The van der Waals surface area contributed by atoms with E-state index in [1.807, 2.05) is 0 Å². The molecule has 194 valence electrons. The number of hydrogen-bond acceptors (Lipinski definition) is 5. The first-order chi connectivity index (χ1) is 17.4. The fourth-order valence-corrected chi connectivity index (χ4v) is 5.85. The van der Waals surface area contributed by atoms with Crippen LogP contribution in [0.1, 0.15) is 44.0 Å². The minimum Gasteiger partial charge on any atom is -0.442 e. The van der Waals surface area contributed by atoms with E-state index in [-0.39, 0.29) is 27.8 Å². The molecule has 3 aromatic rings. The molecule has 1 atom stereocenters. The van der Waals surface area contributed by atoms with Crippen molar-refractivity contribution < 1.29 is 27.3 Å². The number of nitrogens with two attached hydrogens (primary N) is 1. The summed E-state index contributed by atoms with van der Waals surface area (Å²) >= 11 is 0. The second-order valence-corrected chi connectivity index (χ2v) is 12.2. The third-order valence-electron chi connectivity index (χ3n) is 5.58. The topological polar surface area (TPSA) is 111 Å². The molecule has 3 N–H and O–H groups in total. The van der Waals surface area contributed by atoms with Crippen LogP contribution in [-0.4, -0.2) is 27.1 Å². The molecular formula is C27H27F2N3O4S. The van der Waals surface area contributed by atoms with E-state index in [1.54, 1.807) is 26.8 Å². The van der Waals surface area contributed by atoms with Crippen molar-refractivity contribution in [2.24, 2.45) is 4.36 Å². The van der Waals surface area contributed by atoms with Crippen LogP contribution in [0.15, 0.2) is 69.9 Å². The fraction of sp³-hybridized carbons (Fsp3) is 0.259. The smallest absolute Gasteiger partial charge is 0.442 e. The third kappa shape index (κ3) is 6.14. The zero-order chi connectivity index (χ0) is 27.0. The Labute approximate surface area is 214 Å². The number of nitrogens with one attached hydrogen (secondary N) is 1. The monoisotopic (exact) mass is 527 g/mol. The van der Waals surface area contributed by atoms with E-state index in [9.17, 15) is 22.6 Å². The molecule has 0 aliphatic heterocycles. The SMILES string of the molecule is CC(C)(C)OC(=O)N=S(=O)(c1ccc(C(=O)Nc2cc(-c3ccc(F)cc3F)ccc2N)cc1)C1CC1. The Bertz CT molecular complexity index is 1490. The summed E-state index contributed by atoms with van der Waals surface area (Å²) in [4.78, 5) is 25.5. The molecule has 4 rings (SSSR count).